The molecule has 5 rings (SSSR count). The molecule has 0 saturated carbocycles. The zero-order chi connectivity index (χ0) is 23.1. The van der Waals surface area contributed by atoms with Crippen molar-refractivity contribution in [2.45, 2.75) is 18.9 Å². The first-order valence-corrected chi connectivity index (χ1v) is 11.2. The van der Waals surface area contributed by atoms with E-state index in [2.05, 4.69) is 25.2 Å². The van der Waals surface area contributed by atoms with Gasteiger partial charge >= 0.3 is 0 Å². The van der Waals surface area contributed by atoms with Crippen LogP contribution in [0.25, 0.3) is 21.6 Å². The molecule has 6 N–H and O–H groups in total. The monoisotopic (exact) mass is 469 g/mol. The number of pyridine rings is 1. The lowest BCUT2D eigenvalue weighted by atomic mass is 10.0. The molecule has 0 radical (unpaired) electrons. The van der Waals surface area contributed by atoms with Gasteiger partial charge in [0.1, 0.15) is 27.3 Å². The number of nitrogens with two attached hydrogens (primary N) is 2. The number of hydrogen-bond acceptors (Lipinski definition) is 7. The fourth-order valence-corrected chi connectivity index (χ4v) is 5.00. The van der Waals surface area contributed by atoms with E-state index in [9.17, 15) is 13.6 Å². The maximum atomic E-state index is 14.2. The third kappa shape index (κ3) is 3.89. The third-order valence-corrected chi connectivity index (χ3v) is 6.53. The lowest BCUT2D eigenvalue weighted by molar-refractivity contribution is 0.102. The number of thiazole rings is 1. The van der Waals surface area contributed by atoms with Crippen LogP contribution in [0.2, 0.25) is 0 Å². The van der Waals surface area contributed by atoms with Gasteiger partial charge in [-0.15, -0.1) is 0 Å². The van der Waals surface area contributed by atoms with Crippen molar-refractivity contribution in [1.29, 1.82) is 0 Å². The first-order valence-electron chi connectivity index (χ1n) is 10.4. The number of rotatable bonds is 4. The molecule has 1 saturated heterocycles. The van der Waals surface area contributed by atoms with Crippen LogP contribution >= 0.6 is 11.3 Å². The van der Waals surface area contributed by atoms with Crippen molar-refractivity contribution in [2.24, 2.45) is 5.73 Å². The van der Waals surface area contributed by atoms with Crippen molar-refractivity contribution in [2.75, 3.05) is 29.0 Å². The van der Waals surface area contributed by atoms with Gasteiger partial charge in [-0.1, -0.05) is 17.4 Å². The Bertz CT molecular complexity index is 1330. The molecule has 1 aromatic carbocycles. The summed E-state index contributed by atoms with van der Waals surface area (Å²) in [5.41, 5.74) is 13.8. The minimum absolute atomic E-state index is 0.00492. The van der Waals surface area contributed by atoms with Crippen LogP contribution in [-0.4, -0.2) is 40.0 Å². The standard InChI is InChI=1S/C22H21F2N7OS/c23-13-4-1-5-14(24)16(13)22-30-17(19(26)33-22)21(32)29-15-9-28-20-12(6-7-27-20)18(15)31-8-2-3-11(25)10-31/h1,4-7,9,11H,2-3,8,10,25-26H2,(H,27,28)(H,29,32). The number of carbonyl (C=O) groups is 1. The number of hydrogen-bond donors (Lipinski definition) is 4. The fraction of sp³-hybridized carbons (Fsp3) is 0.227. The van der Waals surface area contributed by atoms with Gasteiger partial charge in [0.15, 0.2) is 5.69 Å². The number of nitrogens with zero attached hydrogens (tertiary/aromatic N) is 3. The molecule has 8 nitrogen and oxygen atoms in total. The molecule has 1 atom stereocenters. The molecule has 0 aliphatic carbocycles. The molecular weight excluding hydrogens is 448 g/mol. The van der Waals surface area contributed by atoms with Crippen molar-refractivity contribution >= 4 is 44.7 Å². The van der Waals surface area contributed by atoms with Crippen LogP contribution in [0.15, 0.2) is 36.7 Å². The van der Waals surface area contributed by atoms with Gasteiger partial charge in [0.25, 0.3) is 5.91 Å². The average Bonchev–Trinajstić information content (AvgIpc) is 3.40. The molecule has 1 unspecified atom stereocenters. The summed E-state index contributed by atoms with van der Waals surface area (Å²) in [4.78, 5) is 26.9. The number of benzene rings is 1. The second kappa shape index (κ2) is 8.41. The molecule has 0 bridgehead atoms. The molecule has 11 heteroatoms. The van der Waals surface area contributed by atoms with E-state index in [4.69, 9.17) is 11.5 Å². The summed E-state index contributed by atoms with van der Waals surface area (Å²) in [5, 5.41) is 3.74. The Morgan fingerprint density at radius 2 is 2.06 bits per heavy atom. The molecule has 4 heterocycles. The highest BCUT2D eigenvalue weighted by molar-refractivity contribution is 7.19. The van der Waals surface area contributed by atoms with Crippen LogP contribution in [-0.2, 0) is 0 Å². The molecule has 4 aromatic rings. The highest BCUT2D eigenvalue weighted by atomic mass is 32.1. The second-order valence-electron chi connectivity index (χ2n) is 7.89. The number of nitrogens with one attached hydrogen (secondary N) is 2. The van der Waals surface area contributed by atoms with Gasteiger partial charge in [-0.3, -0.25) is 4.79 Å². The zero-order valence-electron chi connectivity index (χ0n) is 17.4. The summed E-state index contributed by atoms with van der Waals surface area (Å²) in [6, 6.07) is 5.43. The van der Waals surface area contributed by atoms with E-state index in [1.54, 1.807) is 12.4 Å². The first-order chi connectivity index (χ1) is 15.9. The smallest absolute Gasteiger partial charge is 0.277 e. The number of piperidine rings is 1. The highest BCUT2D eigenvalue weighted by Crippen LogP contribution is 2.37. The summed E-state index contributed by atoms with van der Waals surface area (Å²) >= 11 is 0.849. The van der Waals surface area contributed by atoms with Crippen LogP contribution in [0.3, 0.4) is 0 Å². The van der Waals surface area contributed by atoms with E-state index in [-0.39, 0.29) is 27.3 Å². The van der Waals surface area contributed by atoms with Crippen LogP contribution < -0.4 is 21.7 Å². The molecule has 3 aromatic heterocycles. The second-order valence-corrected chi connectivity index (χ2v) is 8.92. The molecule has 0 spiro atoms. The van der Waals surface area contributed by atoms with Crippen molar-refractivity contribution in [1.82, 2.24) is 15.0 Å². The van der Waals surface area contributed by atoms with Crippen molar-refractivity contribution < 1.29 is 13.6 Å². The van der Waals surface area contributed by atoms with Crippen molar-refractivity contribution in [3.8, 4) is 10.6 Å². The largest absolute Gasteiger partial charge is 0.389 e. The van der Waals surface area contributed by atoms with Crippen LogP contribution in [0.1, 0.15) is 23.3 Å². The van der Waals surface area contributed by atoms with Gasteiger partial charge in [0, 0.05) is 30.7 Å². The van der Waals surface area contributed by atoms with Gasteiger partial charge in [0.2, 0.25) is 0 Å². The van der Waals surface area contributed by atoms with Crippen LogP contribution in [0, 0.1) is 11.6 Å². The topological polar surface area (TPSA) is 126 Å². The predicted octanol–water partition coefficient (Wildman–Crippen LogP) is 3.73. The van der Waals surface area contributed by atoms with Gasteiger partial charge < -0.3 is 26.7 Å². The van der Waals surface area contributed by atoms with E-state index >= 15 is 0 Å². The van der Waals surface area contributed by atoms with E-state index < -0.39 is 17.5 Å². The van der Waals surface area contributed by atoms with Crippen molar-refractivity contribution in [3.05, 3.63) is 54.0 Å². The SMILES string of the molecule is Nc1sc(-c2c(F)cccc2F)nc1C(=O)Nc1cnc2[nH]ccc2c1N1CCCC(N)C1. The van der Waals surface area contributed by atoms with Gasteiger partial charge in [-0.2, -0.15) is 0 Å². The Balaban J connectivity index is 1.50. The molecule has 170 valence electrons. The lowest BCUT2D eigenvalue weighted by Crippen LogP contribution is -2.43. The number of amides is 1. The minimum atomic E-state index is -0.776. The zero-order valence-corrected chi connectivity index (χ0v) is 18.3. The maximum absolute atomic E-state index is 14.2. The maximum Gasteiger partial charge on any atom is 0.277 e. The molecule has 33 heavy (non-hydrogen) atoms. The number of aromatic amines is 1. The number of halogens is 2. The highest BCUT2D eigenvalue weighted by Gasteiger charge is 2.26. The minimum Gasteiger partial charge on any atom is -0.389 e. The van der Waals surface area contributed by atoms with Gasteiger partial charge in [-0.25, -0.2) is 18.7 Å². The Morgan fingerprint density at radius 3 is 2.82 bits per heavy atom. The quantitative estimate of drug-likeness (QED) is 0.361. The van der Waals surface area contributed by atoms with Crippen LogP contribution in [0.4, 0.5) is 25.2 Å². The normalized spacial score (nSPS) is 16.3. The molecule has 1 aliphatic rings. The Hall–Kier alpha value is -3.57. The fourth-order valence-electron chi connectivity index (χ4n) is 4.12. The first kappa shape index (κ1) is 21.3. The van der Waals surface area contributed by atoms with E-state index in [1.807, 2.05) is 6.07 Å². The number of H-pyrrole nitrogens is 1. The number of anilines is 3. The summed E-state index contributed by atoms with van der Waals surface area (Å²) in [6.07, 6.45) is 5.21. The molecule has 1 aliphatic heterocycles. The molecule has 1 fully saturated rings. The number of fused-ring (bicyclic) bond motifs is 1. The van der Waals surface area contributed by atoms with E-state index in [0.29, 0.717) is 17.9 Å². The summed E-state index contributed by atoms with van der Waals surface area (Å²) in [6.45, 7) is 1.43. The predicted molar refractivity (Wildman–Crippen MR) is 125 cm³/mol. The number of carbonyl (C=O) groups excluding carboxylic acids is 1. The lowest BCUT2D eigenvalue weighted by Gasteiger charge is -2.34. The number of nitrogen functional groups attached to an aromatic ring is 1. The van der Waals surface area contributed by atoms with Crippen LogP contribution in [0.5, 0.6) is 0 Å². The third-order valence-electron chi connectivity index (χ3n) is 5.63. The Morgan fingerprint density at radius 1 is 1.27 bits per heavy atom. The molecule has 1 amide bonds. The number of aromatic nitrogens is 3. The molecular formula is C22H21F2N7OS. The van der Waals surface area contributed by atoms with E-state index in [0.717, 1.165) is 53.9 Å². The van der Waals surface area contributed by atoms with Gasteiger partial charge in [0.05, 0.1) is 23.1 Å². The summed E-state index contributed by atoms with van der Waals surface area (Å²) < 4.78 is 28.4. The average molecular weight is 470 g/mol. The summed E-state index contributed by atoms with van der Waals surface area (Å²) in [7, 11) is 0. The Labute approximate surface area is 191 Å². The van der Waals surface area contributed by atoms with Gasteiger partial charge in [-0.05, 0) is 31.0 Å². The Kier molecular flexibility index (Phi) is 5.43. The van der Waals surface area contributed by atoms with E-state index in [1.165, 1.54) is 6.07 Å². The van der Waals surface area contributed by atoms with Crippen molar-refractivity contribution in [3.63, 3.8) is 0 Å². The summed E-state index contributed by atoms with van der Waals surface area (Å²) in [5.74, 6) is -2.14.